The Labute approximate surface area is 162 Å². The predicted molar refractivity (Wildman–Crippen MR) is 102 cm³/mol. The van der Waals surface area contributed by atoms with Crippen LogP contribution in [0.1, 0.15) is 26.3 Å². The fourth-order valence-corrected chi connectivity index (χ4v) is 3.39. The molecule has 0 unspecified atom stereocenters. The van der Waals surface area contributed by atoms with Crippen LogP contribution in [0.2, 0.25) is 0 Å². The minimum absolute atomic E-state index is 0.205. The molecule has 1 aliphatic heterocycles. The molecule has 1 heterocycles. The maximum atomic E-state index is 12.3. The second-order valence-corrected chi connectivity index (χ2v) is 7.53. The number of benzene rings is 1. The zero-order chi connectivity index (χ0) is 20.0. The number of esters is 2. The summed E-state index contributed by atoms with van der Waals surface area (Å²) in [4.78, 5) is 37.1. The minimum Gasteiger partial charge on any atom is -0.463 e. The number of thioether (sulfide) groups is 1. The van der Waals surface area contributed by atoms with Crippen molar-refractivity contribution in [2.45, 2.75) is 43.9 Å². The van der Waals surface area contributed by atoms with Crippen molar-refractivity contribution in [1.29, 1.82) is 0 Å². The molecule has 0 aliphatic carbocycles. The maximum Gasteiger partial charge on any atom is 0.338 e. The number of amides is 2. The molecule has 1 aromatic carbocycles. The fourth-order valence-electron chi connectivity index (χ4n) is 2.52. The summed E-state index contributed by atoms with van der Waals surface area (Å²) >= 11 is 1.38. The number of hydrogen-bond acceptors (Lipinski definition) is 6. The summed E-state index contributed by atoms with van der Waals surface area (Å²) in [7, 11) is 0. The van der Waals surface area contributed by atoms with Crippen molar-refractivity contribution in [1.82, 2.24) is 10.6 Å². The first-order valence-corrected chi connectivity index (χ1v) is 9.57. The van der Waals surface area contributed by atoms with Gasteiger partial charge in [0.15, 0.2) is 0 Å². The Morgan fingerprint density at radius 3 is 2.52 bits per heavy atom. The lowest BCUT2D eigenvalue weighted by molar-refractivity contribution is -0.143. The van der Waals surface area contributed by atoms with Gasteiger partial charge < -0.3 is 20.1 Å². The summed E-state index contributed by atoms with van der Waals surface area (Å²) in [6.45, 7) is 7.11. The van der Waals surface area contributed by atoms with Gasteiger partial charge in [0, 0.05) is 4.90 Å². The van der Waals surface area contributed by atoms with E-state index in [1.807, 2.05) is 31.2 Å². The van der Waals surface area contributed by atoms with Gasteiger partial charge in [-0.05, 0) is 39.8 Å². The molecule has 0 saturated heterocycles. The lowest BCUT2D eigenvalue weighted by Gasteiger charge is -2.26. The number of aryl methyl sites for hydroxylation is 1. The van der Waals surface area contributed by atoms with Crippen LogP contribution in [0.5, 0.6) is 0 Å². The molecule has 146 valence electrons. The Morgan fingerprint density at radius 1 is 1.22 bits per heavy atom. The molecular formula is C19H24N2O5S. The van der Waals surface area contributed by atoms with Crippen LogP contribution in [-0.4, -0.2) is 42.5 Å². The van der Waals surface area contributed by atoms with Crippen molar-refractivity contribution in [2.75, 3.05) is 13.2 Å². The number of urea groups is 1. The predicted octanol–water partition coefficient (Wildman–Crippen LogP) is 2.54. The topological polar surface area (TPSA) is 93.7 Å². The number of nitrogens with one attached hydrogen (secondary N) is 2. The molecule has 0 aromatic heterocycles. The SMILES string of the molecule is CCOC(=O)C1=C(COC(=O)[C@H](C)Sc2ccc(C)cc2)NC(=O)N[C@H]1C. The van der Waals surface area contributed by atoms with E-state index in [0.717, 1.165) is 10.5 Å². The molecule has 27 heavy (non-hydrogen) atoms. The van der Waals surface area contributed by atoms with Gasteiger partial charge in [-0.1, -0.05) is 17.7 Å². The van der Waals surface area contributed by atoms with Crippen LogP contribution in [0.3, 0.4) is 0 Å². The maximum absolute atomic E-state index is 12.3. The lowest BCUT2D eigenvalue weighted by atomic mass is 10.0. The molecule has 8 heteroatoms. The summed E-state index contributed by atoms with van der Waals surface area (Å²) in [6.07, 6.45) is 0. The number of carbonyl (C=O) groups excluding carboxylic acids is 3. The van der Waals surface area contributed by atoms with Crippen LogP contribution < -0.4 is 10.6 Å². The number of hydrogen-bond donors (Lipinski definition) is 2. The second-order valence-electron chi connectivity index (χ2n) is 6.11. The van der Waals surface area contributed by atoms with Gasteiger partial charge in [-0.2, -0.15) is 0 Å². The van der Waals surface area contributed by atoms with Crippen LogP contribution in [0.25, 0.3) is 0 Å². The Bertz CT molecular complexity index is 745. The van der Waals surface area contributed by atoms with Gasteiger partial charge in [0.25, 0.3) is 0 Å². The second kappa shape index (κ2) is 9.45. The summed E-state index contributed by atoms with van der Waals surface area (Å²) in [5, 5.41) is 4.69. The Hall–Kier alpha value is -2.48. The van der Waals surface area contributed by atoms with Gasteiger partial charge in [0.05, 0.1) is 23.9 Å². The van der Waals surface area contributed by atoms with Gasteiger partial charge in [-0.3, -0.25) is 4.79 Å². The number of ether oxygens (including phenoxy) is 2. The molecular weight excluding hydrogens is 368 g/mol. The van der Waals surface area contributed by atoms with Crippen molar-refractivity contribution >= 4 is 29.7 Å². The van der Waals surface area contributed by atoms with Gasteiger partial charge in [-0.15, -0.1) is 11.8 Å². The van der Waals surface area contributed by atoms with Crippen molar-refractivity contribution in [2.24, 2.45) is 0 Å². The Balaban J connectivity index is 2.03. The van der Waals surface area contributed by atoms with E-state index in [1.165, 1.54) is 11.8 Å². The van der Waals surface area contributed by atoms with Crippen molar-refractivity contribution < 1.29 is 23.9 Å². The molecule has 2 N–H and O–H groups in total. The van der Waals surface area contributed by atoms with Crippen LogP contribution in [0.4, 0.5) is 4.79 Å². The molecule has 0 bridgehead atoms. The lowest BCUT2D eigenvalue weighted by Crippen LogP contribution is -2.50. The normalized spacial score (nSPS) is 17.6. The van der Waals surface area contributed by atoms with Gasteiger partial charge in [0.1, 0.15) is 11.9 Å². The molecule has 2 amide bonds. The molecule has 1 aliphatic rings. The largest absolute Gasteiger partial charge is 0.463 e. The van der Waals surface area contributed by atoms with Crippen LogP contribution >= 0.6 is 11.8 Å². The highest BCUT2D eigenvalue weighted by molar-refractivity contribution is 8.00. The first kappa shape index (κ1) is 20.8. The summed E-state index contributed by atoms with van der Waals surface area (Å²) in [5.74, 6) is -0.984. The molecule has 1 aromatic rings. The highest BCUT2D eigenvalue weighted by Crippen LogP contribution is 2.24. The highest BCUT2D eigenvalue weighted by Gasteiger charge is 2.30. The number of carbonyl (C=O) groups is 3. The summed E-state index contributed by atoms with van der Waals surface area (Å²) in [5.41, 5.74) is 1.64. The van der Waals surface area contributed by atoms with E-state index in [2.05, 4.69) is 10.6 Å². The van der Waals surface area contributed by atoms with E-state index < -0.39 is 29.3 Å². The van der Waals surface area contributed by atoms with Gasteiger partial charge >= 0.3 is 18.0 Å². The Kier molecular flexibility index (Phi) is 7.29. The quantitative estimate of drug-likeness (QED) is 0.547. The van der Waals surface area contributed by atoms with Crippen LogP contribution in [0.15, 0.2) is 40.4 Å². The molecule has 0 spiro atoms. The van der Waals surface area contributed by atoms with Crippen molar-refractivity contribution in [3.63, 3.8) is 0 Å². The van der Waals surface area contributed by atoms with E-state index in [-0.39, 0.29) is 24.5 Å². The molecule has 7 nitrogen and oxygen atoms in total. The first-order valence-electron chi connectivity index (χ1n) is 8.69. The average molecular weight is 392 g/mol. The summed E-state index contributed by atoms with van der Waals surface area (Å²) < 4.78 is 10.4. The molecule has 0 radical (unpaired) electrons. The monoisotopic (exact) mass is 392 g/mol. The van der Waals surface area contributed by atoms with Crippen molar-refractivity contribution in [3.8, 4) is 0 Å². The Morgan fingerprint density at radius 2 is 1.89 bits per heavy atom. The van der Waals surface area contributed by atoms with E-state index in [4.69, 9.17) is 9.47 Å². The van der Waals surface area contributed by atoms with E-state index >= 15 is 0 Å². The smallest absolute Gasteiger partial charge is 0.338 e. The highest BCUT2D eigenvalue weighted by atomic mass is 32.2. The third-order valence-electron chi connectivity index (χ3n) is 3.89. The van der Waals surface area contributed by atoms with E-state index in [9.17, 15) is 14.4 Å². The van der Waals surface area contributed by atoms with Crippen LogP contribution in [0, 0.1) is 6.92 Å². The van der Waals surface area contributed by atoms with Crippen molar-refractivity contribution in [3.05, 3.63) is 41.1 Å². The standard InChI is InChI=1S/C19H24N2O5S/c1-5-25-18(23)16-12(3)20-19(24)21-15(16)10-26-17(22)13(4)27-14-8-6-11(2)7-9-14/h6-9,12-13H,5,10H2,1-4H3,(H2,20,21,24)/t12-,13-/m0/s1. The zero-order valence-electron chi connectivity index (χ0n) is 15.8. The summed E-state index contributed by atoms with van der Waals surface area (Å²) in [6, 6.07) is 6.85. The number of rotatable bonds is 7. The van der Waals surface area contributed by atoms with Gasteiger partial charge in [-0.25, -0.2) is 9.59 Å². The third-order valence-corrected chi connectivity index (χ3v) is 4.98. The van der Waals surface area contributed by atoms with E-state index in [1.54, 1.807) is 20.8 Å². The minimum atomic E-state index is -0.550. The zero-order valence-corrected chi connectivity index (χ0v) is 16.6. The van der Waals surface area contributed by atoms with E-state index in [0.29, 0.717) is 0 Å². The molecule has 2 rings (SSSR count). The fraction of sp³-hybridized carbons (Fsp3) is 0.421. The average Bonchev–Trinajstić information content (AvgIpc) is 2.61. The first-order chi connectivity index (χ1) is 12.8. The molecule has 0 saturated carbocycles. The van der Waals surface area contributed by atoms with Crippen LogP contribution in [-0.2, 0) is 19.1 Å². The third kappa shape index (κ3) is 5.75. The van der Waals surface area contributed by atoms with Gasteiger partial charge in [0.2, 0.25) is 0 Å². The molecule has 0 fully saturated rings. The molecule has 2 atom stereocenters.